The maximum absolute atomic E-state index is 8.32. The van der Waals surface area contributed by atoms with E-state index in [9.17, 15) is 0 Å². The van der Waals surface area contributed by atoms with E-state index in [1.807, 2.05) is 36.4 Å². The van der Waals surface area contributed by atoms with Gasteiger partial charge < -0.3 is 9.47 Å². The fraction of sp³-hybridized carbons (Fsp3) is 0.263. The Morgan fingerprint density at radius 3 is 2.84 bits per heavy atom. The summed E-state index contributed by atoms with van der Waals surface area (Å²) < 4.78 is 19.5. The van der Waals surface area contributed by atoms with E-state index in [0.717, 1.165) is 27.1 Å². The van der Waals surface area contributed by atoms with E-state index in [2.05, 4.69) is 16.0 Å². The van der Waals surface area contributed by atoms with Gasteiger partial charge in [0.25, 0.3) is 0 Å². The zero-order valence-corrected chi connectivity index (χ0v) is 14.8. The summed E-state index contributed by atoms with van der Waals surface area (Å²) in [4.78, 5) is 9.64. The molecule has 128 valence electrons. The third kappa shape index (κ3) is 3.49. The van der Waals surface area contributed by atoms with Crippen LogP contribution in [-0.4, -0.2) is 22.3 Å². The molecule has 1 N–H and O–H groups in total. The summed E-state index contributed by atoms with van der Waals surface area (Å²) in [5.74, 6) is 1.32. The Morgan fingerprint density at radius 1 is 1.16 bits per heavy atom. The Balaban J connectivity index is 1.54. The van der Waals surface area contributed by atoms with Crippen molar-refractivity contribution >= 4 is 21.6 Å². The first-order valence-corrected chi connectivity index (χ1v) is 9.48. The molecule has 5 nitrogen and oxygen atoms in total. The summed E-state index contributed by atoms with van der Waals surface area (Å²) in [6.45, 7) is 0.424. The van der Waals surface area contributed by atoms with Gasteiger partial charge in [0, 0.05) is 16.2 Å². The minimum Gasteiger partial charge on any atom is -0.497 e. The maximum Gasteiger partial charge on any atom is 0.224 e. The molecule has 1 unspecified atom stereocenters. The summed E-state index contributed by atoms with van der Waals surface area (Å²) in [7, 11) is 1.23. The van der Waals surface area contributed by atoms with Crippen LogP contribution in [0.3, 0.4) is 0 Å². The average Bonchev–Trinajstić information content (AvgIpc) is 3.50. The smallest absolute Gasteiger partial charge is 0.224 e. The van der Waals surface area contributed by atoms with Gasteiger partial charge in [-0.05, 0) is 42.7 Å². The number of nitrogens with zero attached hydrogens (tertiary/aromatic N) is 2. The molecule has 1 fully saturated rings. The van der Waals surface area contributed by atoms with Crippen LogP contribution in [0.15, 0.2) is 53.7 Å². The van der Waals surface area contributed by atoms with Gasteiger partial charge >= 0.3 is 0 Å². The Labute approximate surface area is 148 Å². The van der Waals surface area contributed by atoms with Crippen molar-refractivity contribution in [2.24, 2.45) is 0 Å². The molecule has 1 heterocycles. The van der Waals surface area contributed by atoms with E-state index >= 15 is 0 Å². The van der Waals surface area contributed by atoms with Crippen LogP contribution in [0.4, 0.5) is 0 Å². The van der Waals surface area contributed by atoms with Gasteiger partial charge in [-0.2, -0.15) is 0 Å². The Bertz CT molecular complexity index is 941. The van der Waals surface area contributed by atoms with Crippen molar-refractivity contribution in [3.63, 3.8) is 0 Å². The van der Waals surface area contributed by atoms with Crippen molar-refractivity contribution in [2.45, 2.75) is 29.6 Å². The van der Waals surface area contributed by atoms with Crippen molar-refractivity contribution in [1.29, 1.82) is 4.78 Å². The van der Waals surface area contributed by atoms with Gasteiger partial charge in [-0.15, -0.1) is 0 Å². The van der Waals surface area contributed by atoms with Crippen LogP contribution >= 0.6 is 0 Å². The van der Waals surface area contributed by atoms with E-state index in [-0.39, 0.29) is 0 Å². The van der Waals surface area contributed by atoms with Crippen molar-refractivity contribution in [3.8, 4) is 11.6 Å². The largest absolute Gasteiger partial charge is 0.497 e. The average molecular weight is 353 g/mol. The molecular formula is C19H19N3O2S. The minimum atomic E-state index is -0.403. The monoisotopic (exact) mass is 353 g/mol. The van der Waals surface area contributed by atoms with E-state index in [1.165, 1.54) is 19.2 Å². The number of hydrogen-bond acceptors (Lipinski definition) is 5. The van der Waals surface area contributed by atoms with E-state index < -0.39 is 10.7 Å². The molecule has 0 aliphatic heterocycles. The lowest BCUT2D eigenvalue weighted by Gasteiger charge is -2.10. The minimum absolute atomic E-state index is 0.403. The second kappa shape index (κ2) is 6.80. The van der Waals surface area contributed by atoms with Crippen LogP contribution in [0.2, 0.25) is 0 Å². The third-order valence-corrected chi connectivity index (χ3v) is 6.09. The van der Waals surface area contributed by atoms with Crippen LogP contribution < -0.4 is 9.47 Å². The number of rotatable bonds is 6. The zero-order chi connectivity index (χ0) is 17.2. The van der Waals surface area contributed by atoms with Crippen molar-refractivity contribution < 1.29 is 9.47 Å². The fourth-order valence-electron chi connectivity index (χ4n) is 2.67. The topological polar surface area (TPSA) is 68.1 Å². The Hall–Kier alpha value is -2.47. The molecule has 1 aliphatic carbocycles. The third-order valence-electron chi connectivity index (χ3n) is 4.19. The molecule has 3 aromatic rings. The first-order valence-electron chi connectivity index (χ1n) is 8.19. The lowest BCUT2D eigenvalue weighted by molar-refractivity contribution is 0.297. The van der Waals surface area contributed by atoms with Crippen LogP contribution in [0.1, 0.15) is 18.4 Å². The predicted octanol–water partition coefficient (Wildman–Crippen LogP) is 4.12. The van der Waals surface area contributed by atoms with Gasteiger partial charge in [-0.1, -0.05) is 22.8 Å². The van der Waals surface area contributed by atoms with Crippen LogP contribution in [-0.2, 0) is 17.3 Å². The normalized spacial score (nSPS) is 15.1. The molecule has 4 rings (SSSR count). The van der Waals surface area contributed by atoms with Gasteiger partial charge in [0.2, 0.25) is 5.88 Å². The number of hydrogen-bond donors (Lipinski definition) is 1. The molecule has 6 heteroatoms. The second-order valence-electron chi connectivity index (χ2n) is 6.04. The van der Waals surface area contributed by atoms with Crippen LogP contribution in [0, 0.1) is 4.78 Å². The summed E-state index contributed by atoms with van der Waals surface area (Å²) in [6, 6.07) is 13.8. The molecule has 1 aliphatic rings. The highest BCUT2D eigenvalue weighted by Crippen LogP contribution is 2.31. The van der Waals surface area contributed by atoms with Gasteiger partial charge in [0.05, 0.1) is 18.0 Å². The first kappa shape index (κ1) is 16.0. The van der Waals surface area contributed by atoms with E-state index in [4.69, 9.17) is 14.3 Å². The highest BCUT2D eigenvalue weighted by Gasteiger charge is 2.26. The molecule has 1 aromatic heterocycles. The number of methoxy groups -OCH3 is 1. The molecule has 0 amide bonds. The number of ether oxygens (including phenoxy) is 2. The van der Waals surface area contributed by atoms with Gasteiger partial charge in [-0.25, -0.2) is 9.97 Å². The zero-order valence-electron chi connectivity index (χ0n) is 13.9. The van der Waals surface area contributed by atoms with Crippen molar-refractivity contribution in [3.05, 3.63) is 54.4 Å². The molecular weight excluding hydrogens is 334 g/mol. The lowest BCUT2D eigenvalue weighted by Crippen LogP contribution is -2.01. The lowest BCUT2D eigenvalue weighted by atomic mass is 10.2. The number of aromatic nitrogens is 2. The van der Waals surface area contributed by atoms with Gasteiger partial charge in [0.15, 0.2) is 0 Å². The molecule has 0 spiro atoms. The Kier molecular flexibility index (Phi) is 4.36. The standard InChI is InChI=1S/C19H19N3O2S/c1-23-14-5-8-17-18(10-14)21-12-22-19(17)24-11-13-3-2-4-16(9-13)25(20)15-6-7-15/h2-5,8-10,12,15,20H,6-7,11H2,1H3. The van der Waals surface area contributed by atoms with E-state index in [0.29, 0.717) is 17.7 Å². The second-order valence-corrected chi connectivity index (χ2v) is 7.85. The SMILES string of the molecule is COc1ccc2c(OCc3cccc(S(=N)C4CC4)c3)ncnc2c1. The molecule has 25 heavy (non-hydrogen) atoms. The highest BCUT2D eigenvalue weighted by atomic mass is 32.2. The quantitative estimate of drug-likeness (QED) is 0.724. The van der Waals surface area contributed by atoms with E-state index in [1.54, 1.807) is 7.11 Å². The first-order chi connectivity index (χ1) is 12.2. The fourth-order valence-corrected chi connectivity index (χ4v) is 4.17. The Morgan fingerprint density at radius 2 is 2.04 bits per heavy atom. The van der Waals surface area contributed by atoms with Gasteiger partial charge in [-0.3, -0.25) is 4.78 Å². The summed E-state index contributed by atoms with van der Waals surface area (Å²) in [5.41, 5.74) is 1.85. The molecule has 2 aromatic carbocycles. The maximum atomic E-state index is 8.32. The van der Waals surface area contributed by atoms with Crippen LogP contribution in [0.25, 0.3) is 10.9 Å². The summed E-state index contributed by atoms with van der Waals surface area (Å²) in [5, 5.41) is 1.41. The number of fused-ring (bicyclic) bond motifs is 1. The van der Waals surface area contributed by atoms with Crippen LogP contribution in [0.5, 0.6) is 11.6 Å². The highest BCUT2D eigenvalue weighted by molar-refractivity contribution is 7.87. The summed E-state index contributed by atoms with van der Waals surface area (Å²) >= 11 is 0. The summed E-state index contributed by atoms with van der Waals surface area (Å²) in [6.07, 6.45) is 3.87. The molecule has 0 bridgehead atoms. The van der Waals surface area contributed by atoms with Gasteiger partial charge in [0.1, 0.15) is 18.7 Å². The number of nitrogens with one attached hydrogen (secondary N) is 1. The molecule has 1 saturated carbocycles. The number of benzene rings is 2. The molecule has 0 saturated heterocycles. The van der Waals surface area contributed by atoms with Crippen molar-refractivity contribution in [2.75, 3.05) is 7.11 Å². The molecule has 0 radical (unpaired) electrons. The molecule has 1 atom stereocenters. The predicted molar refractivity (Wildman–Crippen MR) is 98.2 cm³/mol. The van der Waals surface area contributed by atoms with Crippen molar-refractivity contribution in [1.82, 2.24) is 9.97 Å².